The van der Waals surface area contributed by atoms with Crippen LogP contribution in [0, 0.1) is 0 Å². The Hall–Kier alpha value is -1.91. The van der Waals surface area contributed by atoms with Gasteiger partial charge in [-0.25, -0.2) is 0 Å². The topological polar surface area (TPSA) is 57.7 Å². The number of hydrogen-bond acceptors (Lipinski definition) is 3. The maximum absolute atomic E-state index is 12.5. The zero-order chi connectivity index (χ0) is 16.0. The van der Waals surface area contributed by atoms with Crippen molar-refractivity contribution in [1.82, 2.24) is 9.80 Å². The highest BCUT2D eigenvalue weighted by Crippen LogP contribution is 2.31. The van der Waals surface area contributed by atoms with Crippen molar-refractivity contribution in [2.24, 2.45) is 0 Å². The van der Waals surface area contributed by atoms with Gasteiger partial charge >= 0.3 is 0 Å². The van der Waals surface area contributed by atoms with Crippen LogP contribution in [0.25, 0.3) is 0 Å². The van der Waals surface area contributed by atoms with Gasteiger partial charge in [0.05, 0.1) is 0 Å². The molecule has 2 aliphatic rings. The van der Waals surface area contributed by atoms with E-state index >= 15 is 0 Å². The summed E-state index contributed by atoms with van der Waals surface area (Å²) >= 11 is 0. The number of hydrogen-bond donors (Lipinski definition) is 0. The molecule has 0 saturated heterocycles. The highest BCUT2D eigenvalue weighted by molar-refractivity contribution is 6.16. The third kappa shape index (κ3) is 2.77. The van der Waals surface area contributed by atoms with Gasteiger partial charge in [-0.05, 0) is 34.6 Å². The molecule has 2 aliphatic heterocycles. The molecule has 3 amide bonds. The van der Waals surface area contributed by atoms with Crippen molar-refractivity contribution in [3.8, 4) is 0 Å². The zero-order valence-corrected chi connectivity index (χ0v) is 13.3. The van der Waals surface area contributed by atoms with Crippen LogP contribution in [0.2, 0.25) is 0 Å². The maximum Gasteiger partial charge on any atom is 0.257 e. The van der Waals surface area contributed by atoms with Crippen LogP contribution < -0.4 is 0 Å². The number of carbonyl (C=O) groups excluding carboxylic acids is 3. The lowest BCUT2D eigenvalue weighted by atomic mass is 9.92. The molecule has 0 aromatic heterocycles. The molecule has 0 spiro atoms. The first kappa shape index (κ1) is 15.5. The zero-order valence-electron chi connectivity index (χ0n) is 13.3. The van der Waals surface area contributed by atoms with E-state index in [-0.39, 0.29) is 17.7 Å². The lowest BCUT2D eigenvalue weighted by Crippen LogP contribution is -2.48. The highest BCUT2D eigenvalue weighted by atomic mass is 16.2. The molecule has 0 aromatic carbocycles. The van der Waals surface area contributed by atoms with Crippen molar-refractivity contribution < 1.29 is 14.4 Å². The Kier molecular flexibility index (Phi) is 3.56. The molecule has 0 N–H and O–H groups in total. The second-order valence-corrected chi connectivity index (χ2v) is 7.16. The Morgan fingerprint density at radius 2 is 1.67 bits per heavy atom. The molecular formula is C16H22N2O3. The maximum atomic E-state index is 12.5. The van der Waals surface area contributed by atoms with Crippen molar-refractivity contribution in [1.29, 1.82) is 0 Å². The predicted octanol–water partition coefficient (Wildman–Crippen LogP) is 1.65. The van der Waals surface area contributed by atoms with Gasteiger partial charge < -0.3 is 4.90 Å². The minimum absolute atomic E-state index is 0.0509. The fraction of sp³-hybridized carbons (Fsp3) is 0.562. The van der Waals surface area contributed by atoms with Gasteiger partial charge in [-0.3, -0.25) is 19.3 Å². The van der Waals surface area contributed by atoms with Gasteiger partial charge in [0, 0.05) is 41.8 Å². The normalized spacial score (nSPS) is 19.9. The van der Waals surface area contributed by atoms with Crippen molar-refractivity contribution in [3.63, 3.8) is 0 Å². The standard InChI is InChI=1S/C16H22N2O3/c1-15(2,3)18-13(20)9-11(14(18)21)10-16(4,5)17-8-6-7-12(17)19/h6-7,9H,8,10H2,1-5H3. The molecule has 0 atom stereocenters. The predicted molar refractivity (Wildman–Crippen MR) is 79.2 cm³/mol. The highest BCUT2D eigenvalue weighted by Gasteiger charge is 2.41. The first-order valence-corrected chi connectivity index (χ1v) is 7.11. The van der Waals surface area contributed by atoms with Crippen LogP contribution in [0.1, 0.15) is 41.0 Å². The van der Waals surface area contributed by atoms with E-state index in [9.17, 15) is 14.4 Å². The molecule has 5 heteroatoms. The molecule has 0 bridgehead atoms. The summed E-state index contributed by atoms with van der Waals surface area (Å²) in [6, 6.07) is 0. The molecule has 0 saturated carbocycles. The molecular weight excluding hydrogens is 268 g/mol. The molecule has 2 heterocycles. The van der Waals surface area contributed by atoms with E-state index in [1.165, 1.54) is 11.0 Å². The van der Waals surface area contributed by atoms with Crippen LogP contribution in [-0.2, 0) is 14.4 Å². The van der Waals surface area contributed by atoms with Crippen LogP contribution in [-0.4, -0.2) is 45.1 Å². The molecule has 114 valence electrons. The van der Waals surface area contributed by atoms with Crippen LogP contribution in [0.4, 0.5) is 0 Å². The first-order valence-electron chi connectivity index (χ1n) is 7.11. The number of rotatable bonds is 3. The summed E-state index contributed by atoms with van der Waals surface area (Å²) < 4.78 is 0. The van der Waals surface area contributed by atoms with E-state index < -0.39 is 11.1 Å². The lowest BCUT2D eigenvalue weighted by Gasteiger charge is -2.36. The molecule has 0 aliphatic carbocycles. The molecule has 0 aromatic rings. The minimum atomic E-state index is -0.540. The van der Waals surface area contributed by atoms with E-state index in [2.05, 4.69) is 0 Å². The fourth-order valence-electron chi connectivity index (χ4n) is 2.83. The molecule has 0 fully saturated rings. The minimum Gasteiger partial charge on any atom is -0.330 e. The van der Waals surface area contributed by atoms with Crippen LogP contribution in [0.3, 0.4) is 0 Å². The van der Waals surface area contributed by atoms with Gasteiger partial charge in [-0.1, -0.05) is 6.08 Å². The molecule has 5 nitrogen and oxygen atoms in total. The van der Waals surface area contributed by atoms with Crippen LogP contribution in [0.15, 0.2) is 23.8 Å². The van der Waals surface area contributed by atoms with E-state index in [0.29, 0.717) is 18.5 Å². The monoisotopic (exact) mass is 290 g/mol. The van der Waals surface area contributed by atoms with Crippen molar-refractivity contribution in [2.75, 3.05) is 6.54 Å². The summed E-state index contributed by atoms with van der Waals surface area (Å²) in [5, 5.41) is 0. The Labute approximate surface area is 125 Å². The number of nitrogens with zero attached hydrogens (tertiary/aromatic N) is 2. The summed E-state index contributed by atoms with van der Waals surface area (Å²) in [6.07, 6.45) is 5.13. The summed E-state index contributed by atoms with van der Waals surface area (Å²) in [7, 11) is 0. The number of amides is 3. The lowest BCUT2D eigenvalue weighted by molar-refractivity contribution is -0.143. The second-order valence-electron chi connectivity index (χ2n) is 7.16. The Balaban J connectivity index is 2.17. The molecule has 2 rings (SSSR count). The number of carbonyl (C=O) groups is 3. The smallest absolute Gasteiger partial charge is 0.257 e. The molecule has 21 heavy (non-hydrogen) atoms. The van der Waals surface area contributed by atoms with Gasteiger partial charge in [0.25, 0.3) is 11.8 Å². The SMILES string of the molecule is CC(C)(C)N1C(=O)C=C(CC(C)(C)N2CC=CC2=O)C1=O. The average Bonchev–Trinajstić information content (AvgIpc) is 2.83. The van der Waals surface area contributed by atoms with Gasteiger partial charge in [-0.15, -0.1) is 0 Å². The van der Waals surface area contributed by atoms with Gasteiger partial charge in [0.15, 0.2) is 0 Å². The summed E-state index contributed by atoms with van der Waals surface area (Å²) in [4.78, 5) is 39.3. The Morgan fingerprint density at radius 3 is 2.10 bits per heavy atom. The van der Waals surface area contributed by atoms with Gasteiger partial charge in [0.1, 0.15) is 0 Å². The van der Waals surface area contributed by atoms with Crippen LogP contribution >= 0.6 is 0 Å². The van der Waals surface area contributed by atoms with E-state index in [4.69, 9.17) is 0 Å². The van der Waals surface area contributed by atoms with E-state index in [1.54, 1.807) is 11.0 Å². The van der Waals surface area contributed by atoms with Gasteiger partial charge in [0.2, 0.25) is 5.91 Å². The third-order valence-corrected chi connectivity index (χ3v) is 3.83. The largest absolute Gasteiger partial charge is 0.330 e. The summed E-state index contributed by atoms with van der Waals surface area (Å²) in [6.45, 7) is 9.87. The molecule has 0 unspecified atom stereocenters. The van der Waals surface area contributed by atoms with E-state index in [1.807, 2.05) is 40.7 Å². The van der Waals surface area contributed by atoms with E-state index in [0.717, 1.165) is 0 Å². The molecule has 0 radical (unpaired) electrons. The first-order chi connectivity index (χ1) is 9.54. The van der Waals surface area contributed by atoms with Crippen molar-refractivity contribution >= 4 is 17.7 Å². The summed E-state index contributed by atoms with van der Waals surface area (Å²) in [5.74, 6) is -0.575. The third-order valence-electron chi connectivity index (χ3n) is 3.83. The fourth-order valence-corrected chi connectivity index (χ4v) is 2.83. The second kappa shape index (κ2) is 4.83. The van der Waals surface area contributed by atoms with Crippen molar-refractivity contribution in [2.45, 2.75) is 52.1 Å². The average molecular weight is 290 g/mol. The Bertz CT molecular complexity index is 565. The number of imide groups is 1. The van der Waals surface area contributed by atoms with Gasteiger partial charge in [-0.2, -0.15) is 0 Å². The quantitative estimate of drug-likeness (QED) is 0.743. The van der Waals surface area contributed by atoms with Crippen LogP contribution in [0.5, 0.6) is 0 Å². The summed E-state index contributed by atoms with van der Waals surface area (Å²) in [5.41, 5.74) is -0.572. The van der Waals surface area contributed by atoms with Crippen molar-refractivity contribution in [3.05, 3.63) is 23.8 Å². The Morgan fingerprint density at radius 1 is 1.05 bits per heavy atom.